The van der Waals surface area contributed by atoms with Gasteiger partial charge in [0.1, 0.15) is 11.5 Å². The molecule has 0 aliphatic carbocycles. The minimum Gasteiger partial charge on any atom is -0.508 e. The molecule has 0 fully saturated rings. The Morgan fingerprint density at radius 1 is 0.905 bits per heavy atom. The van der Waals surface area contributed by atoms with E-state index >= 15 is 0 Å². The van der Waals surface area contributed by atoms with Gasteiger partial charge in [-0.05, 0) is 17.7 Å². The predicted molar refractivity (Wildman–Crippen MR) is 71.2 cm³/mol. The Labute approximate surface area is 120 Å². The summed E-state index contributed by atoms with van der Waals surface area (Å²) in [7, 11) is 0. The lowest BCUT2D eigenvalue weighted by atomic mass is 9.86. The van der Waals surface area contributed by atoms with E-state index in [-0.39, 0.29) is 17.1 Å². The van der Waals surface area contributed by atoms with Crippen molar-refractivity contribution in [3.8, 4) is 11.5 Å². The average molecular weight is 290 g/mol. The lowest BCUT2D eigenvalue weighted by Crippen LogP contribution is -2.59. The summed E-state index contributed by atoms with van der Waals surface area (Å²) in [5.74, 6) is -6.08. The first-order valence-electron chi connectivity index (χ1n) is 6.28. The van der Waals surface area contributed by atoms with Gasteiger partial charge < -0.3 is 30.3 Å². The van der Waals surface area contributed by atoms with E-state index in [1.807, 2.05) is 0 Å². The van der Waals surface area contributed by atoms with Gasteiger partial charge in [0.05, 0.1) is 5.56 Å². The Morgan fingerprint density at radius 3 is 2.24 bits per heavy atom. The molecule has 1 unspecified atom stereocenters. The number of hydrogen-bond acceptors (Lipinski definition) is 6. The molecule has 21 heavy (non-hydrogen) atoms. The monoisotopic (exact) mass is 290 g/mol. The van der Waals surface area contributed by atoms with Crippen molar-refractivity contribution in [2.45, 2.75) is 17.7 Å². The minimum absolute atomic E-state index is 0.0346. The van der Waals surface area contributed by atoms with E-state index in [1.165, 1.54) is 12.1 Å². The number of ether oxygens (including phenoxy) is 1. The van der Waals surface area contributed by atoms with E-state index < -0.39 is 17.7 Å². The van der Waals surface area contributed by atoms with Crippen molar-refractivity contribution < 1.29 is 30.3 Å². The number of aromatic hydroxyl groups is 1. The van der Waals surface area contributed by atoms with E-state index in [4.69, 9.17) is 4.74 Å². The van der Waals surface area contributed by atoms with Gasteiger partial charge in [0.25, 0.3) is 11.6 Å². The zero-order chi connectivity index (χ0) is 15.3. The van der Waals surface area contributed by atoms with Gasteiger partial charge in [-0.2, -0.15) is 0 Å². The van der Waals surface area contributed by atoms with Crippen LogP contribution in [0.1, 0.15) is 17.2 Å². The second-order valence-electron chi connectivity index (χ2n) is 4.99. The Kier molecular flexibility index (Phi) is 2.93. The molecule has 0 saturated carbocycles. The first-order valence-corrected chi connectivity index (χ1v) is 6.28. The van der Waals surface area contributed by atoms with Crippen molar-refractivity contribution in [2.24, 2.45) is 0 Å². The number of rotatable bonds is 1. The molecule has 110 valence electrons. The Hall–Kier alpha value is -2.12. The lowest BCUT2D eigenvalue weighted by molar-refractivity contribution is -0.400. The maximum Gasteiger partial charge on any atom is 0.266 e. The van der Waals surface area contributed by atoms with Gasteiger partial charge in [0, 0.05) is 6.07 Å². The van der Waals surface area contributed by atoms with Crippen molar-refractivity contribution in [3.63, 3.8) is 0 Å². The summed E-state index contributed by atoms with van der Waals surface area (Å²) in [6.07, 6.45) is -1.43. The Bertz CT molecular complexity index is 665. The third kappa shape index (κ3) is 1.97. The molecule has 3 rings (SSSR count). The SMILES string of the molecule is Oc1ccc2c(c1)OC(c1ccccc1)C(O)(O)C2(O)O. The van der Waals surface area contributed by atoms with E-state index in [1.54, 1.807) is 30.3 Å². The molecule has 6 heteroatoms. The lowest BCUT2D eigenvalue weighted by Gasteiger charge is -2.45. The van der Waals surface area contributed by atoms with Crippen LogP contribution in [0.4, 0.5) is 0 Å². The Morgan fingerprint density at radius 2 is 1.57 bits per heavy atom. The topological polar surface area (TPSA) is 110 Å². The molecule has 0 bridgehead atoms. The van der Waals surface area contributed by atoms with Crippen LogP contribution in [0.15, 0.2) is 48.5 Å². The van der Waals surface area contributed by atoms with Crippen molar-refractivity contribution in [1.29, 1.82) is 0 Å². The fourth-order valence-corrected chi connectivity index (χ4v) is 2.41. The third-order valence-corrected chi connectivity index (χ3v) is 3.57. The molecule has 1 aliphatic rings. The molecule has 6 nitrogen and oxygen atoms in total. The zero-order valence-corrected chi connectivity index (χ0v) is 10.8. The molecule has 2 aromatic carbocycles. The molecule has 2 aromatic rings. The van der Waals surface area contributed by atoms with Crippen LogP contribution >= 0.6 is 0 Å². The molecule has 0 aromatic heterocycles. The van der Waals surface area contributed by atoms with Crippen molar-refractivity contribution in [2.75, 3.05) is 0 Å². The van der Waals surface area contributed by atoms with Crippen LogP contribution in [0.5, 0.6) is 11.5 Å². The molecule has 1 atom stereocenters. The summed E-state index contributed by atoms with van der Waals surface area (Å²) in [6, 6.07) is 11.7. The van der Waals surface area contributed by atoms with Crippen LogP contribution in [0, 0.1) is 0 Å². The van der Waals surface area contributed by atoms with Crippen LogP contribution in [-0.4, -0.2) is 31.3 Å². The second-order valence-corrected chi connectivity index (χ2v) is 4.99. The molecule has 0 spiro atoms. The summed E-state index contributed by atoms with van der Waals surface area (Å²) in [4.78, 5) is 0. The molecular formula is C15H14O6. The fourth-order valence-electron chi connectivity index (χ4n) is 2.41. The van der Waals surface area contributed by atoms with E-state index in [2.05, 4.69) is 0 Å². The number of benzene rings is 2. The van der Waals surface area contributed by atoms with E-state index in [0.717, 1.165) is 6.07 Å². The first kappa shape index (κ1) is 13.8. The Balaban J connectivity index is 2.17. The maximum atomic E-state index is 10.2. The molecule has 5 N–H and O–H groups in total. The zero-order valence-electron chi connectivity index (χ0n) is 10.8. The second kappa shape index (κ2) is 4.44. The molecule has 0 amide bonds. The van der Waals surface area contributed by atoms with Gasteiger partial charge in [0.2, 0.25) is 0 Å². The maximum absolute atomic E-state index is 10.2. The fraction of sp³-hybridized carbons (Fsp3) is 0.200. The van der Waals surface area contributed by atoms with Crippen molar-refractivity contribution >= 4 is 0 Å². The highest BCUT2D eigenvalue weighted by Crippen LogP contribution is 2.49. The molecule has 1 aliphatic heterocycles. The number of phenols is 1. The van der Waals surface area contributed by atoms with Crippen molar-refractivity contribution in [3.05, 3.63) is 59.7 Å². The summed E-state index contributed by atoms with van der Waals surface area (Å²) in [5.41, 5.74) is 0.112. The van der Waals surface area contributed by atoms with Gasteiger partial charge >= 0.3 is 0 Å². The van der Waals surface area contributed by atoms with Crippen LogP contribution in [0.2, 0.25) is 0 Å². The van der Waals surface area contributed by atoms with Gasteiger partial charge in [-0.1, -0.05) is 30.3 Å². The van der Waals surface area contributed by atoms with Crippen LogP contribution in [-0.2, 0) is 5.79 Å². The van der Waals surface area contributed by atoms with Crippen LogP contribution in [0.3, 0.4) is 0 Å². The number of phenolic OH excluding ortho intramolecular Hbond substituents is 1. The smallest absolute Gasteiger partial charge is 0.266 e. The van der Waals surface area contributed by atoms with Gasteiger partial charge in [-0.15, -0.1) is 0 Å². The molecule has 1 heterocycles. The minimum atomic E-state index is -2.96. The highest BCUT2D eigenvalue weighted by molar-refractivity contribution is 5.46. The largest absolute Gasteiger partial charge is 0.508 e. The highest BCUT2D eigenvalue weighted by atomic mass is 16.6. The summed E-state index contributed by atoms with van der Waals surface area (Å²) in [6.45, 7) is 0. The van der Waals surface area contributed by atoms with Gasteiger partial charge in [0.15, 0.2) is 6.10 Å². The highest BCUT2D eigenvalue weighted by Gasteiger charge is 2.60. The third-order valence-electron chi connectivity index (χ3n) is 3.57. The number of fused-ring (bicyclic) bond motifs is 1. The van der Waals surface area contributed by atoms with E-state index in [0.29, 0.717) is 5.56 Å². The van der Waals surface area contributed by atoms with Crippen LogP contribution < -0.4 is 4.74 Å². The molecular weight excluding hydrogens is 276 g/mol. The van der Waals surface area contributed by atoms with Gasteiger partial charge in [-0.25, -0.2) is 0 Å². The summed E-state index contributed by atoms with van der Waals surface area (Å²) < 4.78 is 5.47. The number of hydrogen-bond donors (Lipinski definition) is 5. The van der Waals surface area contributed by atoms with Gasteiger partial charge in [-0.3, -0.25) is 0 Å². The summed E-state index contributed by atoms with van der Waals surface area (Å²) >= 11 is 0. The number of aliphatic hydroxyl groups is 4. The normalized spacial score (nSPS) is 22.2. The average Bonchev–Trinajstić information content (AvgIpc) is 2.44. The first-order chi connectivity index (χ1) is 9.84. The van der Waals surface area contributed by atoms with Crippen LogP contribution in [0.25, 0.3) is 0 Å². The van der Waals surface area contributed by atoms with Crippen molar-refractivity contribution in [1.82, 2.24) is 0 Å². The quantitative estimate of drug-likeness (QED) is 0.485. The predicted octanol–water partition coefficient (Wildman–Crippen LogP) is 0.344. The standard InChI is InChI=1S/C15H14O6/c16-10-6-7-11-12(8-10)21-13(9-4-2-1-3-5-9)15(19,20)14(11,17)18/h1-8,13,16-20H. The summed E-state index contributed by atoms with van der Waals surface area (Å²) in [5, 5.41) is 50.2. The van der Waals surface area contributed by atoms with E-state index in [9.17, 15) is 25.5 Å². The molecule has 0 radical (unpaired) electrons. The molecule has 0 saturated heterocycles.